The van der Waals surface area contributed by atoms with Gasteiger partial charge in [-0.05, 0) is 18.8 Å². The van der Waals surface area contributed by atoms with Crippen molar-refractivity contribution in [1.82, 2.24) is 0 Å². The molecule has 0 aromatic heterocycles. The zero-order valence-corrected chi connectivity index (χ0v) is 6.58. The maximum Gasteiger partial charge on any atom is 0.308 e. The Labute approximate surface area is 66.6 Å². The number of carboxylic acid groups (broad SMARTS) is 1. The van der Waals surface area contributed by atoms with Crippen molar-refractivity contribution in [3.63, 3.8) is 0 Å². The summed E-state index contributed by atoms with van der Waals surface area (Å²) in [7, 11) is 0. The first kappa shape index (κ1) is 8.13. The summed E-state index contributed by atoms with van der Waals surface area (Å²) in [6.07, 6.45) is 7.22. The van der Waals surface area contributed by atoms with Gasteiger partial charge in [-0.25, -0.2) is 0 Å². The number of hydrogen-bond donors (Lipinski definition) is 1. The summed E-state index contributed by atoms with van der Waals surface area (Å²) in [5.74, 6) is 1.66. The van der Waals surface area contributed by atoms with Crippen molar-refractivity contribution < 1.29 is 9.90 Å². The molecular weight excluding hydrogens is 140 g/mol. The fraction of sp³-hybridized carbons (Fsp3) is 0.667. The average Bonchev–Trinajstić information content (AvgIpc) is 2.71. The average molecular weight is 152 g/mol. The largest absolute Gasteiger partial charge is 0.481 e. The van der Waals surface area contributed by atoms with Crippen LogP contribution in [-0.4, -0.2) is 11.1 Å². The SMILES string of the molecule is C#CC(C)C(C(=O)O)C1CC1. The van der Waals surface area contributed by atoms with E-state index in [1.54, 1.807) is 6.92 Å². The highest BCUT2D eigenvalue weighted by atomic mass is 16.4. The van der Waals surface area contributed by atoms with Crippen molar-refractivity contribution >= 4 is 5.97 Å². The van der Waals surface area contributed by atoms with Gasteiger partial charge in [0.05, 0.1) is 5.92 Å². The smallest absolute Gasteiger partial charge is 0.308 e. The Balaban J connectivity index is 2.59. The van der Waals surface area contributed by atoms with Crippen LogP contribution in [0.5, 0.6) is 0 Å². The molecule has 0 spiro atoms. The quantitative estimate of drug-likeness (QED) is 0.620. The predicted molar refractivity (Wildman–Crippen MR) is 41.8 cm³/mol. The predicted octanol–water partition coefficient (Wildman–Crippen LogP) is 1.37. The molecule has 2 atom stereocenters. The fourth-order valence-electron chi connectivity index (χ4n) is 1.38. The first-order valence-corrected chi connectivity index (χ1v) is 3.85. The standard InChI is InChI=1S/C9H12O2/c1-3-6(2)8(9(10)11)7-4-5-7/h1,6-8H,4-5H2,2H3,(H,10,11). The number of rotatable bonds is 3. The number of carboxylic acids is 1. The zero-order chi connectivity index (χ0) is 8.43. The van der Waals surface area contributed by atoms with Gasteiger partial charge in [-0.1, -0.05) is 6.92 Å². The molecule has 1 aliphatic rings. The highest BCUT2D eigenvalue weighted by Gasteiger charge is 2.38. The highest BCUT2D eigenvalue weighted by Crippen LogP contribution is 2.40. The molecule has 0 radical (unpaired) electrons. The molecule has 2 nitrogen and oxygen atoms in total. The fourth-order valence-corrected chi connectivity index (χ4v) is 1.38. The topological polar surface area (TPSA) is 37.3 Å². The molecule has 1 aliphatic carbocycles. The molecule has 11 heavy (non-hydrogen) atoms. The molecule has 0 aliphatic heterocycles. The van der Waals surface area contributed by atoms with E-state index in [9.17, 15) is 4.79 Å². The van der Waals surface area contributed by atoms with Crippen molar-refractivity contribution in [2.75, 3.05) is 0 Å². The maximum absolute atomic E-state index is 10.7. The second kappa shape index (κ2) is 2.96. The summed E-state index contributed by atoms with van der Waals surface area (Å²) < 4.78 is 0. The van der Waals surface area contributed by atoms with Gasteiger partial charge in [-0.2, -0.15) is 0 Å². The van der Waals surface area contributed by atoms with Crippen LogP contribution < -0.4 is 0 Å². The van der Waals surface area contributed by atoms with Crippen LogP contribution in [0.1, 0.15) is 19.8 Å². The Bertz CT molecular complexity index is 198. The molecule has 2 heteroatoms. The van der Waals surface area contributed by atoms with Gasteiger partial charge in [-0.3, -0.25) is 4.79 Å². The zero-order valence-electron chi connectivity index (χ0n) is 6.58. The lowest BCUT2D eigenvalue weighted by molar-refractivity contribution is -0.143. The Kier molecular flexibility index (Phi) is 2.19. The molecule has 0 aromatic rings. The van der Waals surface area contributed by atoms with Crippen molar-refractivity contribution in [3.8, 4) is 12.3 Å². The van der Waals surface area contributed by atoms with Crippen molar-refractivity contribution in [1.29, 1.82) is 0 Å². The minimum absolute atomic E-state index is 0.125. The van der Waals surface area contributed by atoms with Gasteiger partial charge in [0, 0.05) is 5.92 Å². The second-order valence-electron chi connectivity index (χ2n) is 3.16. The van der Waals surface area contributed by atoms with E-state index in [0.29, 0.717) is 5.92 Å². The third-order valence-corrected chi connectivity index (χ3v) is 2.22. The lowest BCUT2D eigenvalue weighted by Crippen LogP contribution is -2.22. The lowest BCUT2D eigenvalue weighted by atomic mass is 9.90. The molecule has 1 saturated carbocycles. The van der Waals surface area contributed by atoms with Crippen LogP contribution >= 0.6 is 0 Å². The summed E-state index contributed by atoms with van der Waals surface area (Å²) in [4.78, 5) is 10.7. The van der Waals surface area contributed by atoms with E-state index in [1.807, 2.05) is 0 Å². The molecule has 0 amide bonds. The van der Waals surface area contributed by atoms with Crippen LogP contribution in [0.4, 0.5) is 0 Å². The third-order valence-electron chi connectivity index (χ3n) is 2.22. The monoisotopic (exact) mass is 152 g/mol. The number of terminal acetylenes is 1. The van der Waals surface area contributed by atoms with Crippen LogP contribution in [0.25, 0.3) is 0 Å². The van der Waals surface area contributed by atoms with Gasteiger partial charge >= 0.3 is 5.97 Å². The summed E-state index contributed by atoms with van der Waals surface area (Å²) >= 11 is 0. The number of aliphatic carboxylic acids is 1. The van der Waals surface area contributed by atoms with Crippen LogP contribution in [0.15, 0.2) is 0 Å². The lowest BCUT2D eigenvalue weighted by Gasteiger charge is -2.13. The maximum atomic E-state index is 10.7. The first-order valence-electron chi connectivity index (χ1n) is 3.85. The molecule has 60 valence electrons. The first-order chi connectivity index (χ1) is 5.16. The Morgan fingerprint density at radius 3 is 2.55 bits per heavy atom. The van der Waals surface area contributed by atoms with E-state index >= 15 is 0 Å². The minimum atomic E-state index is -0.738. The van der Waals surface area contributed by atoms with Gasteiger partial charge in [0.25, 0.3) is 0 Å². The minimum Gasteiger partial charge on any atom is -0.481 e. The number of hydrogen-bond acceptors (Lipinski definition) is 1. The highest BCUT2D eigenvalue weighted by molar-refractivity contribution is 5.71. The molecular formula is C9H12O2. The molecule has 0 heterocycles. The Morgan fingerprint density at radius 1 is 1.73 bits per heavy atom. The summed E-state index contributed by atoms with van der Waals surface area (Å²) in [6.45, 7) is 1.80. The van der Waals surface area contributed by atoms with Crippen LogP contribution in [0.3, 0.4) is 0 Å². The molecule has 0 aromatic carbocycles. The molecule has 0 saturated heterocycles. The summed E-state index contributed by atoms with van der Waals surface area (Å²) in [5.41, 5.74) is 0. The summed E-state index contributed by atoms with van der Waals surface area (Å²) in [5, 5.41) is 8.79. The van der Waals surface area contributed by atoms with E-state index in [2.05, 4.69) is 5.92 Å². The molecule has 2 unspecified atom stereocenters. The van der Waals surface area contributed by atoms with Gasteiger partial charge < -0.3 is 5.11 Å². The third kappa shape index (κ3) is 1.74. The summed E-state index contributed by atoms with van der Waals surface area (Å²) in [6, 6.07) is 0. The molecule has 1 N–H and O–H groups in total. The molecule has 1 rings (SSSR count). The van der Waals surface area contributed by atoms with E-state index in [0.717, 1.165) is 12.8 Å². The molecule has 1 fully saturated rings. The van der Waals surface area contributed by atoms with E-state index in [4.69, 9.17) is 11.5 Å². The van der Waals surface area contributed by atoms with Crippen molar-refractivity contribution in [2.24, 2.45) is 17.8 Å². The van der Waals surface area contributed by atoms with Crippen molar-refractivity contribution in [3.05, 3.63) is 0 Å². The Morgan fingerprint density at radius 2 is 2.27 bits per heavy atom. The molecule has 0 bridgehead atoms. The van der Waals surface area contributed by atoms with E-state index in [-0.39, 0.29) is 11.8 Å². The van der Waals surface area contributed by atoms with E-state index in [1.165, 1.54) is 0 Å². The van der Waals surface area contributed by atoms with Gasteiger partial charge in [0.15, 0.2) is 0 Å². The van der Waals surface area contributed by atoms with E-state index < -0.39 is 5.97 Å². The Hall–Kier alpha value is -0.970. The van der Waals surface area contributed by atoms with Crippen LogP contribution in [0.2, 0.25) is 0 Å². The van der Waals surface area contributed by atoms with Crippen LogP contribution in [0, 0.1) is 30.1 Å². The normalized spacial score (nSPS) is 21.8. The van der Waals surface area contributed by atoms with Crippen LogP contribution in [-0.2, 0) is 4.79 Å². The number of carbonyl (C=O) groups is 1. The second-order valence-corrected chi connectivity index (χ2v) is 3.16. The van der Waals surface area contributed by atoms with Gasteiger partial charge in [-0.15, -0.1) is 12.3 Å². The van der Waals surface area contributed by atoms with Crippen molar-refractivity contribution in [2.45, 2.75) is 19.8 Å². The van der Waals surface area contributed by atoms with Gasteiger partial charge in [0.1, 0.15) is 0 Å². The van der Waals surface area contributed by atoms with Gasteiger partial charge in [0.2, 0.25) is 0 Å².